The lowest BCUT2D eigenvalue weighted by molar-refractivity contribution is -0.131. The molecule has 2 fully saturated rings. The van der Waals surface area contributed by atoms with Crippen molar-refractivity contribution in [3.8, 4) is 0 Å². The first-order chi connectivity index (χ1) is 12.8. The molecule has 0 aromatic carbocycles. The normalized spacial score (nSPS) is 18.7. The molecule has 1 saturated carbocycles. The van der Waals surface area contributed by atoms with Crippen molar-refractivity contribution in [2.24, 2.45) is 0 Å². The van der Waals surface area contributed by atoms with Crippen molar-refractivity contribution in [3.05, 3.63) is 42.5 Å². The van der Waals surface area contributed by atoms with Crippen LogP contribution in [0.4, 0.5) is 0 Å². The van der Waals surface area contributed by atoms with Crippen molar-refractivity contribution in [2.45, 2.75) is 57.5 Å². The van der Waals surface area contributed by atoms with Gasteiger partial charge in [0.1, 0.15) is 5.82 Å². The molecule has 2 aromatic rings. The van der Waals surface area contributed by atoms with Gasteiger partial charge in [0.05, 0.1) is 12.9 Å². The summed E-state index contributed by atoms with van der Waals surface area (Å²) in [7, 11) is 0. The number of rotatable bonds is 6. The van der Waals surface area contributed by atoms with Crippen LogP contribution in [0.15, 0.2) is 30.9 Å². The zero-order chi connectivity index (χ0) is 17.9. The number of hydrogen-bond acceptors (Lipinski definition) is 4. The molecule has 1 aliphatic carbocycles. The van der Waals surface area contributed by atoms with Crippen molar-refractivity contribution in [2.75, 3.05) is 13.1 Å². The van der Waals surface area contributed by atoms with E-state index in [2.05, 4.69) is 19.7 Å². The Morgan fingerprint density at radius 3 is 2.69 bits per heavy atom. The Morgan fingerprint density at radius 2 is 2.04 bits per heavy atom. The summed E-state index contributed by atoms with van der Waals surface area (Å²) >= 11 is 0. The number of carbonyl (C=O) groups excluding carboxylic acids is 1. The SMILES string of the molecule is CC=CCC(=O)N1CCC(c2nnc(Cn3ccnc3)n2C2CC2)CC1. The van der Waals surface area contributed by atoms with Crippen molar-refractivity contribution in [1.82, 2.24) is 29.2 Å². The number of amides is 1. The third-order valence-corrected chi connectivity index (χ3v) is 5.33. The first-order valence-electron chi connectivity index (χ1n) is 9.54. The van der Waals surface area contributed by atoms with Crippen LogP contribution in [0.25, 0.3) is 0 Å². The van der Waals surface area contributed by atoms with E-state index in [1.54, 1.807) is 6.20 Å². The minimum atomic E-state index is 0.228. The predicted octanol–water partition coefficient (Wildman–Crippen LogP) is 2.53. The maximum atomic E-state index is 12.2. The van der Waals surface area contributed by atoms with E-state index >= 15 is 0 Å². The van der Waals surface area contributed by atoms with Crippen LogP contribution in [-0.2, 0) is 11.3 Å². The van der Waals surface area contributed by atoms with Crippen molar-refractivity contribution in [1.29, 1.82) is 0 Å². The second-order valence-corrected chi connectivity index (χ2v) is 7.24. The molecular formula is C19H26N6O. The van der Waals surface area contributed by atoms with E-state index < -0.39 is 0 Å². The monoisotopic (exact) mass is 354 g/mol. The fraction of sp³-hybridized carbons (Fsp3) is 0.579. The fourth-order valence-corrected chi connectivity index (χ4v) is 3.73. The molecule has 0 spiro atoms. The molecule has 0 N–H and O–H groups in total. The third kappa shape index (κ3) is 3.57. The molecule has 7 nitrogen and oxygen atoms in total. The molecule has 138 valence electrons. The first-order valence-corrected chi connectivity index (χ1v) is 9.54. The summed E-state index contributed by atoms with van der Waals surface area (Å²) in [6.45, 7) is 4.29. The topological polar surface area (TPSA) is 68.8 Å². The van der Waals surface area contributed by atoms with Crippen LogP contribution in [0.3, 0.4) is 0 Å². The summed E-state index contributed by atoms with van der Waals surface area (Å²) in [5, 5.41) is 9.06. The van der Waals surface area contributed by atoms with E-state index in [0.717, 1.165) is 37.6 Å². The molecule has 3 heterocycles. The first kappa shape index (κ1) is 17.0. The van der Waals surface area contributed by atoms with E-state index in [4.69, 9.17) is 0 Å². The predicted molar refractivity (Wildman–Crippen MR) is 97.6 cm³/mol. The molecule has 2 aliphatic rings. The Morgan fingerprint density at radius 1 is 1.23 bits per heavy atom. The molecule has 1 saturated heterocycles. The highest BCUT2D eigenvalue weighted by molar-refractivity contribution is 5.77. The summed E-state index contributed by atoms with van der Waals surface area (Å²) in [4.78, 5) is 18.3. The van der Waals surface area contributed by atoms with Crippen LogP contribution in [0.1, 0.15) is 62.6 Å². The maximum Gasteiger partial charge on any atom is 0.226 e. The smallest absolute Gasteiger partial charge is 0.226 e. The molecule has 0 radical (unpaired) electrons. The second-order valence-electron chi connectivity index (χ2n) is 7.24. The Hall–Kier alpha value is -2.44. The van der Waals surface area contributed by atoms with Gasteiger partial charge in [0.2, 0.25) is 5.91 Å². The van der Waals surface area contributed by atoms with Gasteiger partial charge in [-0.25, -0.2) is 4.98 Å². The number of hydrogen-bond donors (Lipinski definition) is 0. The molecule has 26 heavy (non-hydrogen) atoms. The Bertz CT molecular complexity index is 766. The van der Waals surface area contributed by atoms with Crippen molar-refractivity contribution >= 4 is 5.91 Å². The van der Waals surface area contributed by atoms with Gasteiger partial charge < -0.3 is 14.0 Å². The number of carbonyl (C=O) groups is 1. The maximum absolute atomic E-state index is 12.2. The molecule has 0 atom stereocenters. The summed E-state index contributed by atoms with van der Waals surface area (Å²) in [6, 6.07) is 0.549. The zero-order valence-corrected chi connectivity index (χ0v) is 15.3. The number of piperidine rings is 1. The Kier molecular flexibility index (Phi) is 4.86. The number of imidazole rings is 1. The highest BCUT2D eigenvalue weighted by atomic mass is 16.2. The lowest BCUT2D eigenvalue weighted by Crippen LogP contribution is -2.38. The van der Waals surface area contributed by atoms with Gasteiger partial charge in [-0.15, -0.1) is 10.2 Å². The Labute approximate surface area is 153 Å². The van der Waals surface area contributed by atoms with Crippen LogP contribution in [0.2, 0.25) is 0 Å². The number of allylic oxidation sites excluding steroid dienone is 1. The summed E-state index contributed by atoms with van der Waals surface area (Å²) in [6.07, 6.45) is 14.3. The van der Waals surface area contributed by atoms with Crippen LogP contribution in [0.5, 0.6) is 0 Å². The van der Waals surface area contributed by atoms with Gasteiger partial charge >= 0.3 is 0 Å². The molecule has 0 bridgehead atoms. The van der Waals surface area contributed by atoms with Crippen LogP contribution < -0.4 is 0 Å². The Balaban J connectivity index is 1.45. The van der Waals surface area contributed by atoms with Gasteiger partial charge in [-0.05, 0) is 32.6 Å². The zero-order valence-electron chi connectivity index (χ0n) is 15.3. The van der Waals surface area contributed by atoms with Crippen molar-refractivity contribution < 1.29 is 4.79 Å². The lowest BCUT2D eigenvalue weighted by atomic mass is 9.95. The number of likely N-dealkylation sites (tertiary alicyclic amines) is 1. The molecule has 4 rings (SSSR count). The van der Waals surface area contributed by atoms with Gasteiger partial charge in [-0.1, -0.05) is 12.2 Å². The minimum absolute atomic E-state index is 0.228. The summed E-state index contributed by atoms with van der Waals surface area (Å²) in [5.41, 5.74) is 0. The van der Waals surface area contributed by atoms with E-state index in [0.29, 0.717) is 24.9 Å². The number of aromatic nitrogens is 5. The fourth-order valence-electron chi connectivity index (χ4n) is 3.73. The van der Waals surface area contributed by atoms with Crippen LogP contribution in [0, 0.1) is 0 Å². The summed E-state index contributed by atoms with van der Waals surface area (Å²) in [5.74, 6) is 2.76. The van der Waals surface area contributed by atoms with Gasteiger partial charge in [-0.2, -0.15) is 0 Å². The molecule has 1 aliphatic heterocycles. The van der Waals surface area contributed by atoms with Gasteiger partial charge in [0.15, 0.2) is 5.82 Å². The van der Waals surface area contributed by atoms with E-state index in [1.165, 1.54) is 12.8 Å². The lowest BCUT2D eigenvalue weighted by Gasteiger charge is -2.31. The summed E-state index contributed by atoms with van der Waals surface area (Å²) < 4.78 is 4.40. The average molecular weight is 354 g/mol. The molecule has 2 aromatic heterocycles. The standard InChI is InChI=1S/C19H26N6O/c1-2-3-4-18(26)24-10-7-15(8-11-24)19-22-21-17(25(19)16-5-6-16)13-23-12-9-20-14-23/h2-3,9,12,14-16H,4-8,10-11,13H2,1H3. The largest absolute Gasteiger partial charge is 0.342 e. The van der Waals surface area contributed by atoms with Gasteiger partial charge in [-0.3, -0.25) is 4.79 Å². The molecule has 0 unspecified atom stereocenters. The quantitative estimate of drug-likeness (QED) is 0.748. The number of nitrogens with zero attached hydrogens (tertiary/aromatic N) is 6. The molecular weight excluding hydrogens is 328 g/mol. The molecule has 7 heteroatoms. The van der Waals surface area contributed by atoms with E-state index in [-0.39, 0.29) is 5.91 Å². The third-order valence-electron chi connectivity index (χ3n) is 5.33. The highest BCUT2D eigenvalue weighted by Gasteiger charge is 2.34. The van der Waals surface area contributed by atoms with Crippen molar-refractivity contribution in [3.63, 3.8) is 0 Å². The minimum Gasteiger partial charge on any atom is -0.342 e. The highest BCUT2D eigenvalue weighted by Crippen LogP contribution is 2.40. The van der Waals surface area contributed by atoms with Crippen LogP contribution >= 0.6 is 0 Å². The molecule has 1 amide bonds. The average Bonchev–Trinajstić information content (AvgIpc) is 3.21. The van der Waals surface area contributed by atoms with E-state index in [9.17, 15) is 4.79 Å². The van der Waals surface area contributed by atoms with Crippen LogP contribution in [-0.4, -0.2) is 48.2 Å². The van der Waals surface area contributed by atoms with E-state index in [1.807, 2.05) is 41.1 Å². The second kappa shape index (κ2) is 7.43. The van der Waals surface area contributed by atoms with Gasteiger partial charge in [0.25, 0.3) is 0 Å². The van der Waals surface area contributed by atoms with Gasteiger partial charge in [0, 0.05) is 43.9 Å².